The predicted molar refractivity (Wildman–Crippen MR) is 86.3 cm³/mol. The minimum atomic E-state index is 0.295. The number of hydrogen-bond donors (Lipinski definition) is 1. The van der Waals surface area contributed by atoms with E-state index in [-0.39, 0.29) is 0 Å². The molecule has 1 saturated heterocycles. The normalized spacial score (nSPS) is 18.0. The third-order valence-corrected chi connectivity index (χ3v) is 4.16. The van der Waals surface area contributed by atoms with E-state index in [1.807, 2.05) is 0 Å². The van der Waals surface area contributed by atoms with E-state index in [4.69, 9.17) is 4.74 Å². The van der Waals surface area contributed by atoms with Gasteiger partial charge in [-0.1, -0.05) is 67.6 Å². The Balaban J connectivity index is 1.71. The van der Waals surface area contributed by atoms with Crippen LogP contribution >= 0.6 is 0 Å². The second-order valence-electron chi connectivity index (χ2n) is 6.34. The lowest BCUT2D eigenvalue weighted by Gasteiger charge is -2.39. The molecular formula is C19H23NO. The van der Waals surface area contributed by atoms with Crippen LogP contribution in [0.15, 0.2) is 60.7 Å². The van der Waals surface area contributed by atoms with Crippen molar-refractivity contribution in [2.24, 2.45) is 5.41 Å². The van der Waals surface area contributed by atoms with Crippen LogP contribution in [0.25, 0.3) is 0 Å². The van der Waals surface area contributed by atoms with Crippen molar-refractivity contribution in [3.63, 3.8) is 0 Å². The van der Waals surface area contributed by atoms with Crippen molar-refractivity contribution in [1.29, 1.82) is 0 Å². The van der Waals surface area contributed by atoms with Crippen molar-refractivity contribution in [3.05, 3.63) is 71.8 Å². The molecule has 0 aromatic heterocycles. The third-order valence-electron chi connectivity index (χ3n) is 4.16. The summed E-state index contributed by atoms with van der Waals surface area (Å²) in [5.74, 6) is 0. The maximum atomic E-state index is 5.35. The Morgan fingerprint density at radius 2 is 1.62 bits per heavy atom. The molecule has 0 saturated carbocycles. The van der Waals surface area contributed by atoms with Crippen LogP contribution in [0.1, 0.15) is 24.1 Å². The minimum Gasteiger partial charge on any atom is -0.380 e. The number of rotatable bonds is 6. The van der Waals surface area contributed by atoms with Gasteiger partial charge in [0.1, 0.15) is 0 Å². The first-order valence-corrected chi connectivity index (χ1v) is 7.65. The zero-order valence-electron chi connectivity index (χ0n) is 12.6. The summed E-state index contributed by atoms with van der Waals surface area (Å²) < 4.78 is 5.35. The van der Waals surface area contributed by atoms with Crippen molar-refractivity contribution in [1.82, 2.24) is 5.32 Å². The van der Waals surface area contributed by atoms with Crippen LogP contribution in [0.2, 0.25) is 0 Å². The van der Waals surface area contributed by atoms with Crippen LogP contribution in [0.4, 0.5) is 0 Å². The quantitative estimate of drug-likeness (QED) is 0.873. The number of ether oxygens (including phenoxy) is 1. The van der Waals surface area contributed by atoms with Gasteiger partial charge in [0.2, 0.25) is 0 Å². The highest BCUT2D eigenvalue weighted by Gasteiger charge is 2.33. The van der Waals surface area contributed by atoms with Crippen LogP contribution in [0.5, 0.6) is 0 Å². The maximum Gasteiger partial charge on any atom is 0.0554 e. The Morgan fingerprint density at radius 3 is 2.19 bits per heavy atom. The summed E-state index contributed by atoms with van der Waals surface area (Å²) in [4.78, 5) is 0. The molecule has 0 aliphatic carbocycles. The largest absolute Gasteiger partial charge is 0.380 e. The molecule has 1 N–H and O–H groups in total. The summed E-state index contributed by atoms with van der Waals surface area (Å²) in [7, 11) is 0. The highest BCUT2D eigenvalue weighted by Crippen LogP contribution is 2.27. The Kier molecular flexibility index (Phi) is 4.37. The van der Waals surface area contributed by atoms with E-state index in [9.17, 15) is 0 Å². The summed E-state index contributed by atoms with van der Waals surface area (Å²) in [6.07, 6.45) is 1.02. The molecule has 1 fully saturated rings. The van der Waals surface area contributed by atoms with Crippen LogP contribution in [-0.4, -0.2) is 19.8 Å². The lowest BCUT2D eigenvalue weighted by molar-refractivity contribution is -0.100. The van der Waals surface area contributed by atoms with Gasteiger partial charge in [-0.3, -0.25) is 0 Å². The van der Waals surface area contributed by atoms with E-state index in [1.165, 1.54) is 11.1 Å². The van der Waals surface area contributed by atoms with Crippen molar-refractivity contribution >= 4 is 0 Å². The maximum absolute atomic E-state index is 5.35. The first-order chi connectivity index (χ1) is 10.3. The van der Waals surface area contributed by atoms with Gasteiger partial charge in [0.15, 0.2) is 0 Å². The van der Waals surface area contributed by atoms with Crippen molar-refractivity contribution in [2.45, 2.75) is 19.4 Å². The van der Waals surface area contributed by atoms with E-state index in [1.54, 1.807) is 0 Å². The van der Waals surface area contributed by atoms with Gasteiger partial charge < -0.3 is 10.1 Å². The van der Waals surface area contributed by atoms with Crippen molar-refractivity contribution in [3.8, 4) is 0 Å². The summed E-state index contributed by atoms with van der Waals surface area (Å²) in [5, 5.41) is 3.75. The molecular weight excluding hydrogens is 258 g/mol. The fourth-order valence-corrected chi connectivity index (χ4v) is 2.77. The molecule has 3 rings (SSSR count). The van der Waals surface area contributed by atoms with Gasteiger partial charge in [-0.05, 0) is 17.5 Å². The number of nitrogens with one attached hydrogen (secondary N) is 1. The molecule has 0 radical (unpaired) electrons. The van der Waals surface area contributed by atoms with Gasteiger partial charge in [-0.25, -0.2) is 0 Å². The first kappa shape index (κ1) is 14.3. The summed E-state index contributed by atoms with van der Waals surface area (Å²) in [6.45, 7) is 5.02. The predicted octanol–water partition coefficient (Wildman–Crippen LogP) is 3.60. The molecule has 0 bridgehead atoms. The lowest BCUT2D eigenvalue weighted by atomic mass is 9.87. The summed E-state index contributed by atoms with van der Waals surface area (Å²) in [5.41, 5.74) is 3.02. The standard InChI is InChI=1S/C19H23NO/c1-19(14-21-15-19)13-20-18(17-10-6-3-7-11-17)12-16-8-4-2-5-9-16/h2-11,18,20H,12-15H2,1H3. The molecule has 110 valence electrons. The van der Waals surface area contributed by atoms with E-state index in [0.717, 1.165) is 26.2 Å². The molecule has 2 aromatic rings. The van der Waals surface area contributed by atoms with Gasteiger partial charge >= 0.3 is 0 Å². The molecule has 1 heterocycles. The topological polar surface area (TPSA) is 21.3 Å². The minimum absolute atomic E-state index is 0.295. The molecule has 1 aliphatic rings. The highest BCUT2D eigenvalue weighted by atomic mass is 16.5. The van der Waals surface area contributed by atoms with Crippen LogP contribution in [-0.2, 0) is 11.2 Å². The average molecular weight is 281 g/mol. The summed E-state index contributed by atoms with van der Waals surface area (Å²) >= 11 is 0. The highest BCUT2D eigenvalue weighted by molar-refractivity contribution is 5.23. The Labute approximate surface area is 127 Å². The van der Waals surface area contributed by atoms with Gasteiger partial charge in [-0.15, -0.1) is 0 Å². The zero-order valence-corrected chi connectivity index (χ0v) is 12.6. The number of hydrogen-bond acceptors (Lipinski definition) is 2. The van der Waals surface area contributed by atoms with Gasteiger partial charge in [0, 0.05) is 18.0 Å². The first-order valence-electron chi connectivity index (χ1n) is 7.65. The molecule has 2 nitrogen and oxygen atoms in total. The van der Waals surface area contributed by atoms with E-state index in [0.29, 0.717) is 11.5 Å². The van der Waals surface area contributed by atoms with Crippen molar-refractivity contribution < 1.29 is 4.74 Å². The molecule has 1 atom stereocenters. The Hall–Kier alpha value is -1.64. The zero-order chi connectivity index (χ0) is 14.5. The Bertz CT molecular complexity index is 548. The SMILES string of the molecule is CC1(CNC(Cc2ccccc2)c2ccccc2)COC1. The third kappa shape index (κ3) is 3.72. The second-order valence-corrected chi connectivity index (χ2v) is 6.34. The van der Waals surface area contributed by atoms with Crippen molar-refractivity contribution in [2.75, 3.05) is 19.8 Å². The molecule has 0 amide bonds. The lowest BCUT2D eigenvalue weighted by Crippen LogP contribution is -2.48. The van der Waals surface area contributed by atoms with Crippen LogP contribution in [0.3, 0.4) is 0 Å². The molecule has 0 spiro atoms. The van der Waals surface area contributed by atoms with E-state index < -0.39 is 0 Å². The van der Waals surface area contributed by atoms with Gasteiger partial charge in [0.05, 0.1) is 13.2 Å². The number of benzene rings is 2. The molecule has 1 unspecified atom stereocenters. The van der Waals surface area contributed by atoms with Gasteiger partial charge in [0.25, 0.3) is 0 Å². The molecule has 2 heteroatoms. The van der Waals surface area contributed by atoms with E-state index >= 15 is 0 Å². The monoisotopic (exact) mass is 281 g/mol. The van der Waals surface area contributed by atoms with Crippen LogP contribution < -0.4 is 5.32 Å². The van der Waals surface area contributed by atoms with Crippen LogP contribution in [0, 0.1) is 5.41 Å². The fourth-order valence-electron chi connectivity index (χ4n) is 2.77. The average Bonchev–Trinajstić information content (AvgIpc) is 2.51. The van der Waals surface area contributed by atoms with Gasteiger partial charge in [-0.2, -0.15) is 0 Å². The van der Waals surface area contributed by atoms with E-state index in [2.05, 4.69) is 72.9 Å². The Morgan fingerprint density at radius 1 is 1.00 bits per heavy atom. The fraction of sp³-hybridized carbons (Fsp3) is 0.368. The summed E-state index contributed by atoms with van der Waals surface area (Å²) in [6, 6.07) is 21.8. The molecule has 2 aromatic carbocycles. The second kappa shape index (κ2) is 6.42. The molecule has 21 heavy (non-hydrogen) atoms. The molecule has 1 aliphatic heterocycles. The smallest absolute Gasteiger partial charge is 0.0554 e.